The normalized spacial score (nSPS) is 11.8. The van der Waals surface area contributed by atoms with Gasteiger partial charge >= 0.3 is 5.97 Å². The number of benzene rings is 2. The monoisotopic (exact) mass is 461 g/mol. The summed E-state index contributed by atoms with van der Waals surface area (Å²) >= 11 is 0. The minimum absolute atomic E-state index is 0.0310. The average molecular weight is 461 g/mol. The van der Waals surface area contributed by atoms with Gasteiger partial charge in [0, 0.05) is 34.2 Å². The lowest BCUT2D eigenvalue weighted by molar-refractivity contribution is 0.0699. The lowest BCUT2D eigenvalue weighted by Crippen LogP contribution is -2.15. The van der Waals surface area contributed by atoms with Gasteiger partial charge in [-0.25, -0.2) is 22.2 Å². The molecular weight excluding hydrogens is 442 g/mol. The minimum atomic E-state index is -4.11. The molecule has 0 spiro atoms. The zero-order valence-corrected chi connectivity index (χ0v) is 18.6. The Hall–Kier alpha value is -4.11. The summed E-state index contributed by atoms with van der Waals surface area (Å²) in [5.74, 6) is -0.559. The molecular formula is C24H19N3O5S. The number of hydrogen-bond donors (Lipinski definition) is 2. The van der Waals surface area contributed by atoms with Crippen LogP contribution in [0.5, 0.6) is 5.75 Å². The van der Waals surface area contributed by atoms with Gasteiger partial charge in [0.1, 0.15) is 5.75 Å². The third-order valence-electron chi connectivity index (χ3n) is 5.62. The maximum atomic E-state index is 13.8. The number of methoxy groups -OCH3 is 1. The number of pyridine rings is 1. The van der Waals surface area contributed by atoms with E-state index in [0.29, 0.717) is 17.0 Å². The fourth-order valence-corrected chi connectivity index (χ4v) is 5.42. The van der Waals surface area contributed by atoms with E-state index in [-0.39, 0.29) is 21.5 Å². The Morgan fingerprint density at radius 3 is 2.52 bits per heavy atom. The quantitative estimate of drug-likeness (QED) is 0.400. The van der Waals surface area contributed by atoms with Crippen LogP contribution in [0.1, 0.15) is 15.9 Å². The first kappa shape index (κ1) is 20.8. The predicted molar refractivity (Wildman–Crippen MR) is 124 cm³/mol. The lowest BCUT2D eigenvalue weighted by Gasteiger charge is -2.12. The maximum absolute atomic E-state index is 13.8. The van der Waals surface area contributed by atoms with Crippen molar-refractivity contribution in [3.05, 3.63) is 78.1 Å². The molecule has 0 aliphatic carbocycles. The number of carboxylic acid groups (broad SMARTS) is 1. The van der Waals surface area contributed by atoms with Gasteiger partial charge in [-0.05, 0) is 49.4 Å². The van der Waals surface area contributed by atoms with Crippen LogP contribution >= 0.6 is 0 Å². The van der Waals surface area contributed by atoms with Gasteiger partial charge in [-0.15, -0.1) is 0 Å². The Labute approximate surface area is 189 Å². The molecule has 5 aromatic rings. The second-order valence-electron chi connectivity index (χ2n) is 7.63. The number of ether oxygens (including phenoxy) is 1. The number of H-pyrrole nitrogens is 1. The summed E-state index contributed by atoms with van der Waals surface area (Å²) < 4.78 is 34.1. The second kappa shape index (κ2) is 7.49. The minimum Gasteiger partial charge on any atom is -0.497 e. The van der Waals surface area contributed by atoms with Gasteiger partial charge in [0.15, 0.2) is 5.65 Å². The lowest BCUT2D eigenvalue weighted by atomic mass is 10.1. The molecule has 3 aromatic heterocycles. The fourth-order valence-electron chi connectivity index (χ4n) is 3.95. The largest absolute Gasteiger partial charge is 0.497 e. The molecule has 0 bridgehead atoms. The molecule has 0 atom stereocenters. The average Bonchev–Trinajstić information content (AvgIpc) is 3.40. The Morgan fingerprint density at radius 1 is 1.06 bits per heavy atom. The third kappa shape index (κ3) is 3.25. The Kier molecular flexibility index (Phi) is 4.71. The Balaban J connectivity index is 1.89. The highest BCUT2D eigenvalue weighted by Gasteiger charge is 2.28. The van der Waals surface area contributed by atoms with Crippen LogP contribution in [-0.4, -0.2) is 40.5 Å². The Bertz CT molecular complexity index is 1650. The first-order valence-corrected chi connectivity index (χ1v) is 11.5. The standard InChI is InChI=1S/C24H19N3O5S/c1-14-3-6-16(7-4-14)33(30,31)27-22(12-19-17(24(28)29)9-10-25-23(19)27)20-13-26-21-8-5-15(32-2)11-18(20)21/h3-13,26H,1-2H3,(H,28,29). The zero-order valence-electron chi connectivity index (χ0n) is 17.7. The number of carbonyl (C=O) groups is 1. The van der Waals surface area contributed by atoms with E-state index < -0.39 is 16.0 Å². The maximum Gasteiger partial charge on any atom is 0.336 e. The van der Waals surface area contributed by atoms with Crippen molar-refractivity contribution in [2.24, 2.45) is 0 Å². The number of rotatable bonds is 5. The summed E-state index contributed by atoms with van der Waals surface area (Å²) in [6.45, 7) is 1.87. The van der Waals surface area contributed by atoms with Crippen molar-refractivity contribution >= 4 is 37.9 Å². The number of aromatic carboxylic acids is 1. The van der Waals surface area contributed by atoms with Gasteiger partial charge in [0.2, 0.25) is 0 Å². The highest BCUT2D eigenvalue weighted by Crippen LogP contribution is 2.37. The number of fused-ring (bicyclic) bond motifs is 2. The number of aryl methyl sites for hydroxylation is 1. The number of aromatic nitrogens is 3. The van der Waals surface area contributed by atoms with Crippen molar-refractivity contribution in [1.82, 2.24) is 13.9 Å². The molecule has 33 heavy (non-hydrogen) atoms. The van der Waals surface area contributed by atoms with Gasteiger partial charge in [-0.2, -0.15) is 0 Å². The van der Waals surface area contributed by atoms with Crippen molar-refractivity contribution in [2.45, 2.75) is 11.8 Å². The van der Waals surface area contributed by atoms with Crippen molar-refractivity contribution in [3.8, 4) is 17.0 Å². The second-order valence-corrected chi connectivity index (χ2v) is 9.41. The van der Waals surface area contributed by atoms with E-state index in [0.717, 1.165) is 20.4 Å². The van der Waals surface area contributed by atoms with Gasteiger partial charge in [-0.3, -0.25) is 0 Å². The van der Waals surface area contributed by atoms with E-state index >= 15 is 0 Å². The van der Waals surface area contributed by atoms with Gasteiger partial charge in [0.05, 0.1) is 23.3 Å². The van der Waals surface area contributed by atoms with E-state index in [1.165, 1.54) is 24.4 Å². The molecule has 2 aromatic carbocycles. The van der Waals surface area contributed by atoms with Gasteiger partial charge in [-0.1, -0.05) is 17.7 Å². The van der Waals surface area contributed by atoms with Gasteiger partial charge < -0.3 is 14.8 Å². The van der Waals surface area contributed by atoms with Crippen molar-refractivity contribution < 1.29 is 23.1 Å². The van der Waals surface area contributed by atoms with Gasteiger partial charge in [0.25, 0.3) is 10.0 Å². The van der Waals surface area contributed by atoms with Crippen LogP contribution in [0.3, 0.4) is 0 Å². The smallest absolute Gasteiger partial charge is 0.336 e. The summed E-state index contributed by atoms with van der Waals surface area (Å²) in [5, 5.41) is 10.7. The molecule has 0 amide bonds. The van der Waals surface area contributed by atoms with Crippen LogP contribution in [0.2, 0.25) is 0 Å². The zero-order chi connectivity index (χ0) is 23.3. The summed E-state index contributed by atoms with van der Waals surface area (Å²) in [6, 6.07) is 14.8. The molecule has 8 nitrogen and oxygen atoms in total. The highest BCUT2D eigenvalue weighted by atomic mass is 32.2. The van der Waals surface area contributed by atoms with Crippen molar-refractivity contribution in [1.29, 1.82) is 0 Å². The SMILES string of the molecule is COc1ccc2[nH]cc(-c3cc4c(C(=O)O)ccnc4n3S(=O)(=O)c3ccc(C)cc3)c2c1. The van der Waals surface area contributed by atoms with E-state index in [9.17, 15) is 18.3 Å². The number of nitrogens with one attached hydrogen (secondary N) is 1. The van der Waals surface area contributed by atoms with Crippen LogP contribution < -0.4 is 4.74 Å². The van der Waals surface area contributed by atoms with E-state index in [2.05, 4.69) is 9.97 Å². The molecule has 9 heteroatoms. The summed E-state index contributed by atoms with van der Waals surface area (Å²) in [7, 11) is -2.56. The van der Waals surface area contributed by atoms with E-state index in [1.807, 2.05) is 13.0 Å². The summed E-state index contributed by atoms with van der Waals surface area (Å²) in [5.41, 5.74) is 2.59. The van der Waals surface area contributed by atoms with Crippen LogP contribution in [0.4, 0.5) is 0 Å². The van der Waals surface area contributed by atoms with Crippen LogP contribution in [-0.2, 0) is 10.0 Å². The Morgan fingerprint density at radius 2 is 1.82 bits per heavy atom. The fraction of sp³-hybridized carbons (Fsp3) is 0.0833. The summed E-state index contributed by atoms with van der Waals surface area (Å²) in [6.07, 6.45) is 2.99. The van der Waals surface area contributed by atoms with Crippen LogP contribution in [0.25, 0.3) is 33.2 Å². The van der Waals surface area contributed by atoms with Crippen molar-refractivity contribution in [2.75, 3.05) is 7.11 Å². The molecule has 0 radical (unpaired) electrons. The first-order valence-electron chi connectivity index (χ1n) is 10.0. The number of hydrogen-bond acceptors (Lipinski definition) is 5. The molecule has 0 saturated heterocycles. The molecule has 2 N–H and O–H groups in total. The number of carboxylic acids is 1. The third-order valence-corrected chi connectivity index (χ3v) is 7.33. The molecule has 166 valence electrons. The van der Waals surface area contributed by atoms with Crippen LogP contribution in [0, 0.1) is 6.92 Å². The molecule has 0 saturated carbocycles. The predicted octanol–water partition coefficient (Wildman–Crippen LogP) is 4.44. The molecule has 0 unspecified atom stereocenters. The molecule has 0 fully saturated rings. The first-order chi connectivity index (χ1) is 15.8. The summed E-state index contributed by atoms with van der Waals surface area (Å²) in [4.78, 5) is 19.4. The molecule has 5 rings (SSSR count). The topological polar surface area (TPSA) is 114 Å². The molecule has 3 heterocycles. The highest BCUT2D eigenvalue weighted by molar-refractivity contribution is 7.90. The number of aromatic amines is 1. The van der Waals surface area contributed by atoms with E-state index in [4.69, 9.17) is 4.74 Å². The molecule has 0 aliphatic rings. The number of nitrogens with zero attached hydrogens (tertiary/aromatic N) is 2. The van der Waals surface area contributed by atoms with Crippen LogP contribution in [0.15, 0.2) is 71.9 Å². The van der Waals surface area contributed by atoms with Crippen molar-refractivity contribution in [3.63, 3.8) is 0 Å². The molecule has 0 aliphatic heterocycles. The van der Waals surface area contributed by atoms with E-state index in [1.54, 1.807) is 43.6 Å².